The first-order valence-electron chi connectivity index (χ1n) is 5.64. The monoisotopic (exact) mass is 268 g/mol. The number of nitro benzene ring substituents is 1. The molecule has 0 aliphatic carbocycles. The van der Waals surface area contributed by atoms with Gasteiger partial charge in [-0.1, -0.05) is 12.1 Å². The molecule has 0 fully saturated rings. The zero-order valence-corrected chi connectivity index (χ0v) is 11.0. The fourth-order valence-electron chi connectivity index (χ4n) is 1.53. The first-order chi connectivity index (χ1) is 8.95. The van der Waals surface area contributed by atoms with Gasteiger partial charge in [0.25, 0.3) is 5.69 Å². The van der Waals surface area contributed by atoms with E-state index in [1.807, 2.05) is 0 Å². The molecule has 1 aromatic carbocycles. The molecule has 0 spiro atoms. The Balaban J connectivity index is 2.73. The summed E-state index contributed by atoms with van der Waals surface area (Å²) >= 11 is 0. The molecule has 1 unspecified atom stereocenters. The third-order valence-corrected chi connectivity index (χ3v) is 2.53. The molecule has 1 N–H and O–H groups in total. The summed E-state index contributed by atoms with van der Waals surface area (Å²) < 4.78 is 4.40. The van der Waals surface area contributed by atoms with Crippen LogP contribution in [0.25, 0.3) is 0 Å². The van der Waals surface area contributed by atoms with Gasteiger partial charge < -0.3 is 4.74 Å². The Morgan fingerprint density at radius 1 is 1.53 bits per heavy atom. The van der Waals surface area contributed by atoms with Gasteiger partial charge in [0.1, 0.15) is 0 Å². The van der Waals surface area contributed by atoms with E-state index >= 15 is 0 Å². The average molecular weight is 268 g/mol. The average Bonchev–Trinajstić information content (AvgIpc) is 2.38. The fraction of sp³-hybridized carbons (Fsp3) is 0.417. The zero-order valence-electron chi connectivity index (χ0n) is 11.0. The Hall–Kier alpha value is -1.99. The summed E-state index contributed by atoms with van der Waals surface area (Å²) in [5, 5.41) is 11.0. The lowest BCUT2D eigenvalue weighted by atomic mass is 10.0. The minimum atomic E-state index is -0.530. The summed E-state index contributed by atoms with van der Waals surface area (Å²) in [6.07, 6.45) is 0. The molecule has 1 rings (SSSR count). The van der Waals surface area contributed by atoms with E-state index in [4.69, 9.17) is 4.84 Å². The Bertz CT molecular complexity index is 475. The molecule has 0 aliphatic heterocycles. The standard InChI is InChI=1S/C12H16N2O5/c1-8-4-5-10(11(6-8)14(16)17)9(2)13-19-7-12(15)18-3/h4-6,9,13H,7H2,1-3H3. The molecular formula is C12H16N2O5. The second-order valence-corrected chi connectivity index (χ2v) is 4.02. The third kappa shape index (κ3) is 4.31. The normalized spacial score (nSPS) is 11.9. The van der Waals surface area contributed by atoms with Gasteiger partial charge in [-0.15, -0.1) is 0 Å². The number of aryl methyl sites for hydroxylation is 1. The van der Waals surface area contributed by atoms with Crippen molar-refractivity contribution >= 4 is 11.7 Å². The fourth-order valence-corrected chi connectivity index (χ4v) is 1.53. The Kier molecular flexibility index (Phi) is 5.40. The molecule has 0 saturated heterocycles. The summed E-state index contributed by atoms with van der Waals surface area (Å²) in [5.74, 6) is -0.530. The Morgan fingerprint density at radius 3 is 2.79 bits per heavy atom. The maximum absolute atomic E-state index is 11.0. The van der Waals surface area contributed by atoms with E-state index in [0.717, 1.165) is 5.56 Å². The molecule has 0 bridgehead atoms. The van der Waals surface area contributed by atoms with Crippen LogP contribution in [0.2, 0.25) is 0 Å². The first-order valence-corrected chi connectivity index (χ1v) is 5.64. The van der Waals surface area contributed by atoms with Gasteiger partial charge in [0.05, 0.1) is 18.1 Å². The number of ether oxygens (including phenoxy) is 1. The van der Waals surface area contributed by atoms with E-state index in [9.17, 15) is 14.9 Å². The van der Waals surface area contributed by atoms with Crippen LogP contribution in [0.15, 0.2) is 18.2 Å². The van der Waals surface area contributed by atoms with E-state index in [1.54, 1.807) is 26.0 Å². The maximum atomic E-state index is 11.0. The van der Waals surface area contributed by atoms with Crippen molar-refractivity contribution in [1.82, 2.24) is 5.48 Å². The maximum Gasteiger partial charge on any atom is 0.333 e. The molecule has 0 heterocycles. The number of nitrogens with zero attached hydrogens (tertiary/aromatic N) is 1. The smallest absolute Gasteiger partial charge is 0.333 e. The van der Waals surface area contributed by atoms with Crippen molar-refractivity contribution in [2.75, 3.05) is 13.7 Å². The summed E-state index contributed by atoms with van der Waals surface area (Å²) in [6.45, 7) is 3.22. The van der Waals surface area contributed by atoms with Crippen molar-refractivity contribution in [3.63, 3.8) is 0 Å². The highest BCUT2D eigenvalue weighted by molar-refractivity contribution is 5.70. The van der Waals surface area contributed by atoms with Gasteiger partial charge in [0.15, 0.2) is 6.61 Å². The SMILES string of the molecule is COC(=O)CONC(C)c1ccc(C)cc1[N+](=O)[O-]. The minimum absolute atomic E-state index is 0.0154. The Morgan fingerprint density at radius 2 is 2.21 bits per heavy atom. The molecule has 7 heteroatoms. The second-order valence-electron chi connectivity index (χ2n) is 4.02. The van der Waals surface area contributed by atoms with E-state index in [1.165, 1.54) is 13.2 Å². The van der Waals surface area contributed by atoms with E-state index in [-0.39, 0.29) is 12.3 Å². The number of benzene rings is 1. The van der Waals surface area contributed by atoms with Crippen LogP contribution >= 0.6 is 0 Å². The molecular weight excluding hydrogens is 252 g/mol. The topological polar surface area (TPSA) is 90.7 Å². The number of rotatable bonds is 6. The molecule has 1 atom stereocenters. The van der Waals surface area contributed by atoms with Crippen molar-refractivity contribution < 1.29 is 19.3 Å². The predicted molar refractivity (Wildman–Crippen MR) is 67.4 cm³/mol. The number of hydrogen-bond acceptors (Lipinski definition) is 6. The van der Waals surface area contributed by atoms with Gasteiger partial charge in [-0.3, -0.25) is 15.0 Å². The van der Waals surface area contributed by atoms with Crippen LogP contribution in [0, 0.1) is 17.0 Å². The van der Waals surface area contributed by atoms with Gasteiger partial charge in [0.2, 0.25) is 0 Å². The zero-order chi connectivity index (χ0) is 14.4. The summed E-state index contributed by atoms with van der Waals surface area (Å²) in [5.41, 5.74) is 3.88. The summed E-state index contributed by atoms with van der Waals surface area (Å²) in [7, 11) is 1.25. The molecule has 104 valence electrons. The quantitative estimate of drug-likeness (QED) is 0.479. The largest absolute Gasteiger partial charge is 0.467 e. The van der Waals surface area contributed by atoms with Crippen LogP contribution in [0.4, 0.5) is 5.69 Å². The molecule has 19 heavy (non-hydrogen) atoms. The number of methoxy groups -OCH3 is 1. The molecule has 0 saturated carbocycles. The van der Waals surface area contributed by atoms with Crippen molar-refractivity contribution in [3.8, 4) is 0 Å². The number of carbonyl (C=O) groups is 1. The number of hydroxylamine groups is 1. The molecule has 0 aromatic heterocycles. The summed E-state index contributed by atoms with van der Waals surface area (Å²) in [4.78, 5) is 26.3. The van der Waals surface area contributed by atoms with Gasteiger partial charge >= 0.3 is 5.97 Å². The molecule has 0 amide bonds. The van der Waals surface area contributed by atoms with Gasteiger partial charge in [-0.25, -0.2) is 4.79 Å². The van der Waals surface area contributed by atoms with Gasteiger partial charge in [-0.2, -0.15) is 5.48 Å². The van der Waals surface area contributed by atoms with E-state index in [0.29, 0.717) is 5.56 Å². The lowest BCUT2D eigenvalue weighted by Crippen LogP contribution is -2.24. The van der Waals surface area contributed by atoms with Crippen molar-refractivity contribution in [2.24, 2.45) is 0 Å². The predicted octanol–water partition coefficient (Wildman–Crippen LogP) is 1.66. The van der Waals surface area contributed by atoms with E-state index < -0.39 is 16.9 Å². The lowest BCUT2D eigenvalue weighted by Gasteiger charge is -2.14. The molecule has 7 nitrogen and oxygen atoms in total. The van der Waals surface area contributed by atoms with Crippen molar-refractivity contribution in [3.05, 3.63) is 39.4 Å². The number of esters is 1. The second kappa shape index (κ2) is 6.81. The lowest BCUT2D eigenvalue weighted by molar-refractivity contribution is -0.385. The molecule has 1 aromatic rings. The van der Waals surface area contributed by atoms with E-state index in [2.05, 4.69) is 10.2 Å². The van der Waals surface area contributed by atoms with Gasteiger partial charge in [0, 0.05) is 11.6 Å². The van der Waals surface area contributed by atoms with Crippen LogP contribution in [0.1, 0.15) is 24.1 Å². The highest BCUT2D eigenvalue weighted by atomic mass is 16.7. The highest BCUT2D eigenvalue weighted by Gasteiger charge is 2.19. The Labute approximate surface area is 110 Å². The van der Waals surface area contributed by atoms with Crippen LogP contribution < -0.4 is 5.48 Å². The van der Waals surface area contributed by atoms with Crippen LogP contribution in [0.3, 0.4) is 0 Å². The summed E-state index contributed by atoms with van der Waals surface area (Å²) in [6, 6.07) is 4.51. The van der Waals surface area contributed by atoms with Crippen LogP contribution in [-0.2, 0) is 14.4 Å². The number of hydrogen-bond donors (Lipinski definition) is 1. The number of nitro groups is 1. The number of carbonyl (C=O) groups excluding carboxylic acids is 1. The van der Waals surface area contributed by atoms with Crippen molar-refractivity contribution in [1.29, 1.82) is 0 Å². The molecule has 0 radical (unpaired) electrons. The minimum Gasteiger partial charge on any atom is -0.467 e. The first kappa shape index (κ1) is 15.1. The highest BCUT2D eigenvalue weighted by Crippen LogP contribution is 2.25. The molecule has 0 aliphatic rings. The number of nitrogens with one attached hydrogen (secondary N) is 1. The van der Waals surface area contributed by atoms with Crippen LogP contribution in [-0.4, -0.2) is 24.6 Å². The van der Waals surface area contributed by atoms with Gasteiger partial charge in [-0.05, 0) is 19.4 Å². The third-order valence-electron chi connectivity index (χ3n) is 2.53. The van der Waals surface area contributed by atoms with Crippen LogP contribution in [0.5, 0.6) is 0 Å². The van der Waals surface area contributed by atoms with Crippen molar-refractivity contribution in [2.45, 2.75) is 19.9 Å².